The van der Waals surface area contributed by atoms with Gasteiger partial charge in [-0.25, -0.2) is 9.98 Å². The lowest BCUT2D eigenvalue weighted by Gasteiger charge is -2.28. The summed E-state index contributed by atoms with van der Waals surface area (Å²) in [5.41, 5.74) is 11.0. The number of allylic oxidation sites excluding steroid dienone is 2. The predicted octanol–water partition coefficient (Wildman–Crippen LogP) is 12.8. The van der Waals surface area contributed by atoms with Gasteiger partial charge in [-0.15, -0.1) is 11.3 Å². The highest BCUT2D eigenvalue weighted by Crippen LogP contribution is 2.51. The van der Waals surface area contributed by atoms with E-state index in [-0.39, 0.29) is 12.2 Å². The third-order valence-corrected chi connectivity index (χ3v) is 12.8. The van der Waals surface area contributed by atoms with E-state index in [2.05, 4.69) is 156 Å². The Morgan fingerprint density at radius 3 is 2.28 bits per heavy atom. The van der Waals surface area contributed by atoms with Crippen molar-refractivity contribution in [2.24, 2.45) is 9.98 Å². The first-order valence-electron chi connectivity index (χ1n) is 19.4. The first-order valence-corrected chi connectivity index (χ1v) is 20.2. The molecule has 7 aromatic carbocycles. The van der Waals surface area contributed by atoms with E-state index in [9.17, 15) is 0 Å². The summed E-state index contributed by atoms with van der Waals surface area (Å²) in [5.74, 6) is 1.86. The number of hydrogen-bond acceptors (Lipinski definition) is 6. The number of aliphatic imine (C=N–C) groups is 2. The second-order valence-corrected chi connectivity index (χ2v) is 16.0. The number of furan rings is 1. The Bertz CT molecular complexity index is 3190. The maximum atomic E-state index is 6.83. The maximum Gasteiger partial charge on any atom is 0.159 e. The molecule has 0 fully saturated rings. The molecule has 9 aromatic rings. The van der Waals surface area contributed by atoms with Crippen LogP contribution < -0.4 is 10.2 Å². The molecule has 2 aromatic heterocycles. The largest absolute Gasteiger partial charge is 0.454 e. The lowest BCUT2D eigenvalue weighted by Crippen LogP contribution is -2.33. The Kier molecular flexibility index (Phi) is 7.22. The molecule has 0 amide bonds. The molecule has 0 saturated heterocycles. The van der Waals surface area contributed by atoms with Crippen LogP contribution in [0.3, 0.4) is 0 Å². The highest BCUT2D eigenvalue weighted by atomic mass is 32.1. The minimum Gasteiger partial charge on any atom is -0.454 e. The molecule has 0 radical (unpaired) electrons. The number of benzene rings is 7. The average Bonchev–Trinajstić information content (AvgIpc) is 3.96. The Hall–Kier alpha value is -7.02. The third kappa shape index (κ3) is 5.14. The zero-order valence-corrected chi connectivity index (χ0v) is 31.5. The van der Waals surface area contributed by atoms with Crippen molar-refractivity contribution in [2.75, 3.05) is 4.90 Å². The van der Waals surface area contributed by atoms with Crippen LogP contribution in [-0.2, 0) is 0 Å². The molecule has 0 spiro atoms. The Morgan fingerprint density at radius 1 is 0.596 bits per heavy atom. The Labute approximate surface area is 333 Å². The van der Waals surface area contributed by atoms with Crippen molar-refractivity contribution < 1.29 is 4.42 Å². The summed E-state index contributed by atoms with van der Waals surface area (Å²) in [5, 5.41) is 8.39. The van der Waals surface area contributed by atoms with Crippen LogP contribution >= 0.6 is 11.3 Å². The summed E-state index contributed by atoms with van der Waals surface area (Å²) < 4.78 is 9.32. The van der Waals surface area contributed by atoms with Gasteiger partial charge in [0, 0.05) is 53.7 Å². The van der Waals surface area contributed by atoms with Gasteiger partial charge in [-0.1, -0.05) is 146 Å². The van der Waals surface area contributed by atoms with E-state index >= 15 is 0 Å². The fourth-order valence-corrected chi connectivity index (χ4v) is 10.2. The number of thiophene rings is 1. The first kappa shape index (κ1) is 32.2. The van der Waals surface area contributed by atoms with Gasteiger partial charge in [0.2, 0.25) is 0 Å². The van der Waals surface area contributed by atoms with Crippen molar-refractivity contribution in [3.05, 3.63) is 204 Å². The molecule has 4 heterocycles. The van der Waals surface area contributed by atoms with Gasteiger partial charge in [-0.2, -0.15) is 0 Å². The number of amidine groups is 2. The first-order chi connectivity index (χ1) is 28.2. The Balaban J connectivity index is 0.943. The van der Waals surface area contributed by atoms with Crippen LogP contribution in [-0.4, -0.2) is 17.7 Å². The van der Waals surface area contributed by atoms with Crippen LogP contribution in [0.5, 0.6) is 0 Å². The van der Waals surface area contributed by atoms with Crippen LogP contribution in [0.1, 0.15) is 34.3 Å². The van der Waals surface area contributed by atoms with Crippen molar-refractivity contribution >= 4 is 76.5 Å². The number of nitrogens with zero attached hydrogens (tertiary/aromatic N) is 3. The van der Waals surface area contributed by atoms with Gasteiger partial charge < -0.3 is 14.6 Å². The van der Waals surface area contributed by atoms with Gasteiger partial charge in [-0.05, 0) is 58.7 Å². The summed E-state index contributed by atoms with van der Waals surface area (Å²) in [7, 11) is 0. The average molecular weight is 751 g/mol. The molecular weight excluding hydrogens is 717 g/mol. The molecular formula is C51H34N4OS. The monoisotopic (exact) mass is 750 g/mol. The van der Waals surface area contributed by atoms with E-state index in [1.54, 1.807) is 0 Å². The second-order valence-electron chi connectivity index (χ2n) is 14.9. The molecule has 0 bridgehead atoms. The molecule has 12 rings (SSSR count). The van der Waals surface area contributed by atoms with Crippen molar-refractivity contribution in [1.82, 2.24) is 5.32 Å². The zero-order valence-electron chi connectivity index (χ0n) is 30.7. The molecule has 5 nitrogen and oxygen atoms in total. The van der Waals surface area contributed by atoms with E-state index in [4.69, 9.17) is 14.4 Å². The van der Waals surface area contributed by atoms with E-state index in [1.165, 1.54) is 42.6 Å². The zero-order chi connectivity index (χ0) is 37.5. The van der Waals surface area contributed by atoms with Gasteiger partial charge in [0.15, 0.2) is 11.4 Å². The van der Waals surface area contributed by atoms with Crippen molar-refractivity contribution in [3.8, 4) is 11.1 Å². The van der Waals surface area contributed by atoms with Gasteiger partial charge in [0.25, 0.3) is 0 Å². The van der Waals surface area contributed by atoms with Crippen LogP contribution in [0.15, 0.2) is 196 Å². The van der Waals surface area contributed by atoms with Crippen molar-refractivity contribution in [1.29, 1.82) is 0 Å². The predicted molar refractivity (Wildman–Crippen MR) is 237 cm³/mol. The van der Waals surface area contributed by atoms with Crippen molar-refractivity contribution in [3.63, 3.8) is 0 Å². The van der Waals surface area contributed by atoms with Crippen LogP contribution in [0.4, 0.5) is 11.4 Å². The minimum absolute atomic E-state index is 0.200. The molecule has 3 atom stereocenters. The van der Waals surface area contributed by atoms with E-state index in [0.29, 0.717) is 5.92 Å². The lowest BCUT2D eigenvalue weighted by atomic mass is 9.91. The molecule has 1 N–H and O–H groups in total. The summed E-state index contributed by atoms with van der Waals surface area (Å²) >= 11 is 1.82. The number of hydrogen-bond donors (Lipinski definition) is 1. The highest BCUT2D eigenvalue weighted by molar-refractivity contribution is 7.25. The standard InChI is InChI=1S/C51H34N4OS/c1-3-13-31(14-4-1)49-52-50(32-15-5-2-6-16-32)54-51(53-49)34-25-27-38-40-29-33(26-28-45(40)57-46(38)30-34)35-19-12-24-44-47(35)39-20-11-23-43(48(39)56-44)55-41-21-9-7-17-36(41)37-18-8-10-22-42(37)55/h1-30,36,41,51H,(H,52,53,54). The van der Waals surface area contributed by atoms with Gasteiger partial charge in [-0.3, -0.25) is 0 Å². The Morgan fingerprint density at radius 2 is 1.39 bits per heavy atom. The van der Waals surface area contributed by atoms with Gasteiger partial charge in [0.05, 0.1) is 11.7 Å². The van der Waals surface area contributed by atoms with E-state index in [0.717, 1.165) is 56.0 Å². The maximum absolute atomic E-state index is 6.83. The third-order valence-electron chi connectivity index (χ3n) is 11.7. The minimum atomic E-state index is -0.277. The number of nitrogens with one attached hydrogen (secondary N) is 1. The smallest absolute Gasteiger partial charge is 0.159 e. The number of anilines is 2. The summed E-state index contributed by atoms with van der Waals surface area (Å²) in [6.07, 6.45) is 8.70. The topological polar surface area (TPSA) is 53.1 Å². The summed E-state index contributed by atoms with van der Waals surface area (Å²) in [6.45, 7) is 0. The molecule has 2 aliphatic heterocycles. The molecule has 270 valence electrons. The van der Waals surface area contributed by atoms with E-state index < -0.39 is 0 Å². The SMILES string of the molecule is C1=CC2c3ccccc3N(c3cccc4c3oc3cccc(-c5ccc6sc7cc(C8N=C(c9ccccc9)N=C(c9ccccc9)N8)ccc7c6c5)c34)C2C=C1. The number of rotatable bonds is 5. The quantitative estimate of drug-likeness (QED) is 0.191. The fraction of sp³-hybridized carbons (Fsp3) is 0.0588. The molecule has 57 heavy (non-hydrogen) atoms. The number of fused-ring (bicyclic) bond motifs is 9. The van der Waals surface area contributed by atoms with Crippen LogP contribution in [0.2, 0.25) is 0 Å². The molecule has 6 heteroatoms. The summed E-state index contributed by atoms with van der Waals surface area (Å²) in [6, 6.07) is 56.2. The molecule has 1 aliphatic carbocycles. The van der Waals surface area contributed by atoms with Crippen LogP contribution in [0, 0.1) is 0 Å². The van der Waals surface area contributed by atoms with Crippen LogP contribution in [0.25, 0.3) is 53.2 Å². The molecule has 3 aliphatic rings. The summed E-state index contributed by atoms with van der Waals surface area (Å²) in [4.78, 5) is 12.6. The van der Waals surface area contributed by atoms with E-state index in [1.807, 2.05) is 47.7 Å². The normalized spacial score (nSPS) is 18.5. The highest BCUT2D eigenvalue weighted by Gasteiger charge is 2.38. The molecule has 0 saturated carbocycles. The lowest BCUT2D eigenvalue weighted by molar-refractivity contribution is 0.663. The number of para-hydroxylation sites is 2. The molecule has 3 unspecified atom stereocenters. The second kappa shape index (κ2) is 12.8. The van der Waals surface area contributed by atoms with Gasteiger partial charge in [0.1, 0.15) is 17.6 Å². The fourth-order valence-electron chi connectivity index (χ4n) is 9.04. The van der Waals surface area contributed by atoms with Crippen molar-refractivity contribution in [2.45, 2.75) is 18.1 Å². The van der Waals surface area contributed by atoms with Gasteiger partial charge >= 0.3 is 0 Å².